The van der Waals surface area contributed by atoms with Crippen LogP contribution in [0, 0.1) is 5.82 Å². The largest absolute Gasteiger partial charge is 0.507 e. The zero-order valence-corrected chi connectivity index (χ0v) is 11.0. The van der Waals surface area contributed by atoms with E-state index in [1.54, 1.807) is 6.92 Å². The lowest BCUT2D eigenvalue weighted by atomic mass is 10.1. The molecular formula is C12H10BrFO4. The van der Waals surface area contributed by atoms with Crippen molar-refractivity contribution >= 4 is 33.4 Å². The van der Waals surface area contributed by atoms with E-state index in [2.05, 4.69) is 20.7 Å². The minimum Gasteiger partial charge on any atom is -0.507 e. The molecule has 0 heterocycles. The van der Waals surface area contributed by atoms with Crippen molar-refractivity contribution in [2.75, 3.05) is 6.61 Å². The molecule has 0 radical (unpaired) electrons. The third-order valence-corrected chi connectivity index (χ3v) is 2.36. The van der Waals surface area contributed by atoms with Crippen LogP contribution in [0.5, 0.6) is 0 Å². The second kappa shape index (κ2) is 6.30. The number of aliphatic hydroxyl groups excluding tert-OH is 1. The minimum atomic E-state index is -1.07. The molecule has 1 aromatic carbocycles. The number of halogens is 2. The summed E-state index contributed by atoms with van der Waals surface area (Å²) in [4.78, 5) is 22.3. The molecular weight excluding hydrogens is 307 g/mol. The molecule has 0 aliphatic rings. The molecule has 0 fully saturated rings. The van der Waals surface area contributed by atoms with Gasteiger partial charge in [0.2, 0.25) is 0 Å². The van der Waals surface area contributed by atoms with Gasteiger partial charge in [0.15, 0.2) is 0 Å². The molecule has 0 saturated heterocycles. The van der Waals surface area contributed by atoms with E-state index in [4.69, 9.17) is 0 Å². The van der Waals surface area contributed by atoms with Crippen molar-refractivity contribution in [1.82, 2.24) is 0 Å². The first-order valence-electron chi connectivity index (χ1n) is 5.02. The first-order valence-corrected chi connectivity index (χ1v) is 5.81. The van der Waals surface area contributed by atoms with Gasteiger partial charge in [0.25, 0.3) is 5.78 Å². The second-order valence-electron chi connectivity index (χ2n) is 3.27. The van der Waals surface area contributed by atoms with Gasteiger partial charge in [-0.1, -0.05) is 15.9 Å². The lowest BCUT2D eigenvalue weighted by Crippen LogP contribution is -2.15. The van der Waals surface area contributed by atoms with Crippen molar-refractivity contribution < 1.29 is 23.8 Å². The van der Waals surface area contributed by atoms with Gasteiger partial charge in [0.1, 0.15) is 11.6 Å². The Morgan fingerprint density at radius 2 is 2.11 bits per heavy atom. The van der Waals surface area contributed by atoms with Crippen molar-refractivity contribution in [3.63, 3.8) is 0 Å². The zero-order chi connectivity index (χ0) is 13.7. The van der Waals surface area contributed by atoms with Gasteiger partial charge in [0.05, 0.1) is 6.61 Å². The molecule has 0 saturated carbocycles. The monoisotopic (exact) mass is 316 g/mol. The standard InChI is InChI=1S/C12H10BrFO4/c1-2-18-12(17)11(16)6-10(15)7-3-8(13)5-9(14)4-7/h3-6,15H,2H2,1H3/b10-6+. The molecule has 0 bridgehead atoms. The predicted molar refractivity (Wildman–Crippen MR) is 66.3 cm³/mol. The Bertz CT molecular complexity index is 491. The highest BCUT2D eigenvalue weighted by Crippen LogP contribution is 2.19. The number of carbonyl (C=O) groups is 2. The number of ether oxygens (including phenoxy) is 1. The first-order chi connectivity index (χ1) is 8.43. The van der Waals surface area contributed by atoms with E-state index >= 15 is 0 Å². The van der Waals surface area contributed by atoms with Gasteiger partial charge >= 0.3 is 5.97 Å². The molecule has 0 aliphatic heterocycles. The van der Waals surface area contributed by atoms with E-state index in [1.165, 1.54) is 12.1 Å². The molecule has 0 atom stereocenters. The Morgan fingerprint density at radius 1 is 1.44 bits per heavy atom. The van der Waals surface area contributed by atoms with E-state index in [-0.39, 0.29) is 12.2 Å². The summed E-state index contributed by atoms with van der Waals surface area (Å²) in [5.41, 5.74) is 0.0829. The fourth-order valence-electron chi connectivity index (χ4n) is 1.17. The quantitative estimate of drug-likeness (QED) is 0.401. The molecule has 0 aliphatic carbocycles. The predicted octanol–water partition coefficient (Wildman–Crippen LogP) is 2.62. The zero-order valence-electron chi connectivity index (χ0n) is 9.44. The average molecular weight is 317 g/mol. The number of carbonyl (C=O) groups excluding carboxylic acids is 2. The van der Waals surface area contributed by atoms with E-state index in [0.717, 1.165) is 6.07 Å². The maximum Gasteiger partial charge on any atom is 0.379 e. The van der Waals surface area contributed by atoms with Crippen LogP contribution in [-0.4, -0.2) is 23.5 Å². The summed E-state index contributed by atoms with van der Waals surface area (Å²) in [7, 11) is 0. The first kappa shape index (κ1) is 14.4. The Morgan fingerprint density at radius 3 is 2.67 bits per heavy atom. The fourth-order valence-corrected chi connectivity index (χ4v) is 1.64. The number of esters is 1. The summed E-state index contributed by atoms with van der Waals surface area (Å²) in [5.74, 6) is -3.16. The van der Waals surface area contributed by atoms with Crippen LogP contribution in [-0.2, 0) is 14.3 Å². The molecule has 96 valence electrons. The van der Waals surface area contributed by atoms with Gasteiger partial charge in [-0.25, -0.2) is 9.18 Å². The molecule has 0 amide bonds. The van der Waals surface area contributed by atoms with E-state index in [0.29, 0.717) is 10.5 Å². The maximum atomic E-state index is 13.1. The molecule has 18 heavy (non-hydrogen) atoms. The summed E-state index contributed by atoms with van der Waals surface area (Å²) in [6, 6.07) is 3.65. The Hall–Kier alpha value is -1.69. The van der Waals surface area contributed by atoms with Crippen LogP contribution < -0.4 is 0 Å². The van der Waals surface area contributed by atoms with Crippen LogP contribution in [0.15, 0.2) is 28.7 Å². The highest BCUT2D eigenvalue weighted by Gasteiger charge is 2.14. The molecule has 0 aromatic heterocycles. The smallest absolute Gasteiger partial charge is 0.379 e. The molecule has 0 unspecified atom stereocenters. The summed E-state index contributed by atoms with van der Waals surface area (Å²) >= 11 is 3.05. The van der Waals surface area contributed by atoms with Crippen LogP contribution in [0.2, 0.25) is 0 Å². The van der Waals surface area contributed by atoms with Crippen LogP contribution >= 0.6 is 15.9 Å². The van der Waals surface area contributed by atoms with Crippen molar-refractivity contribution in [1.29, 1.82) is 0 Å². The molecule has 1 rings (SSSR count). The summed E-state index contributed by atoms with van der Waals surface area (Å²) in [6.45, 7) is 1.61. The van der Waals surface area contributed by atoms with Crippen LogP contribution in [0.1, 0.15) is 12.5 Å². The maximum absolute atomic E-state index is 13.1. The lowest BCUT2D eigenvalue weighted by molar-refractivity contribution is -0.151. The molecule has 1 aromatic rings. The molecule has 6 heteroatoms. The fraction of sp³-hybridized carbons (Fsp3) is 0.167. The molecule has 0 spiro atoms. The lowest BCUT2D eigenvalue weighted by Gasteiger charge is -2.02. The van der Waals surface area contributed by atoms with E-state index in [1.807, 2.05) is 0 Å². The van der Waals surface area contributed by atoms with Crippen molar-refractivity contribution in [2.24, 2.45) is 0 Å². The summed E-state index contributed by atoms with van der Waals surface area (Å²) in [6.07, 6.45) is 0.694. The number of benzene rings is 1. The molecule has 1 N–H and O–H groups in total. The van der Waals surface area contributed by atoms with Gasteiger partial charge < -0.3 is 9.84 Å². The Kier molecular flexibility index (Phi) is 5.03. The highest BCUT2D eigenvalue weighted by atomic mass is 79.9. The summed E-state index contributed by atoms with van der Waals surface area (Å²) < 4.78 is 17.9. The third-order valence-electron chi connectivity index (χ3n) is 1.90. The van der Waals surface area contributed by atoms with E-state index < -0.39 is 23.3 Å². The van der Waals surface area contributed by atoms with Gasteiger partial charge in [-0.05, 0) is 25.1 Å². The minimum absolute atomic E-state index is 0.0602. The number of rotatable bonds is 4. The van der Waals surface area contributed by atoms with Crippen molar-refractivity contribution in [3.8, 4) is 0 Å². The van der Waals surface area contributed by atoms with Crippen molar-refractivity contribution in [2.45, 2.75) is 6.92 Å². The van der Waals surface area contributed by atoms with Crippen molar-refractivity contribution in [3.05, 3.63) is 40.1 Å². The summed E-state index contributed by atoms with van der Waals surface area (Å²) in [5, 5.41) is 9.60. The second-order valence-corrected chi connectivity index (χ2v) is 4.19. The van der Waals surface area contributed by atoms with Gasteiger partial charge in [-0.15, -0.1) is 0 Å². The Labute approximate surface area is 111 Å². The van der Waals surface area contributed by atoms with Crippen LogP contribution in [0.4, 0.5) is 4.39 Å². The van der Waals surface area contributed by atoms with Gasteiger partial charge in [0, 0.05) is 16.1 Å². The SMILES string of the molecule is CCOC(=O)C(=O)/C=C(/O)c1cc(F)cc(Br)c1. The average Bonchev–Trinajstić information content (AvgIpc) is 2.27. The number of hydrogen-bond acceptors (Lipinski definition) is 4. The number of aliphatic hydroxyl groups is 1. The van der Waals surface area contributed by atoms with Gasteiger partial charge in [-0.3, -0.25) is 4.79 Å². The third kappa shape index (κ3) is 3.96. The van der Waals surface area contributed by atoms with E-state index in [9.17, 15) is 19.1 Å². The van der Waals surface area contributed by atoms with Crippen LogP contribution in [0.3, 0.4) is 0 Å². The van der Waals surface area contributed by atoms with Crippen LogP contribution in [0.25, 0.3) is 5.76 Å². The number of ketones is 1. The van der Waals surface area contributed by atoms with Gasteiger partial charge in [-0.2, -0.15) is 0 Å². The Balaban J connectivity index is 2.95. The normalized spacial score (nSPS) is 11.2. The highest BCUT2D eigenvalue weighted by molar-refractivity contribution is 9.10. The molecule has 4 nitrogen and oxygen atoms in total. The topological polar surface area (TPSA) is 63.6 Å². The number of hydrogen-bond donors (Lipinski definition) is 1.